The van der Waals surface area contributed by atoms with E-state index in [4.69, 9.17) is 4.74 Å². The smallest absolute Gasteiger partial charge is 0.309 e. The standard InChI is InChI=1S/C13H14BrNO3/c1-8-6-11(8)13(17)18-7-12(16)15-10-4-2-9(14)3-5-10/h2-5,8,11H,6-7H2,1H3,(H,15,16)/t8-,11-/m0/s1. The van der Waals surface area contributed by atoms with Crippen LogP contribution in [0.4, 0.5) is 5.69 Å². The van der Waals surface area contributed by atoms with Crippen LogP contribution in [-0.2, 0) is 14.3 Å². The van der Waals surface area contributed by atoms with Crippen LogP contribution < -0.4 is 5.32 Å². The van der Waals surface area contributed by atoms with E-state index >= 15 is 0 Å². The molecular formula is C13H14BrNO3. The van der Waals surface area contributed by atoms with Crippen molar-refractivity contribution >= 4 is 33.5 Å². The number of anilines is 1. The van der Waals surface area contributed by atoms with Gasteiger partial charge in [-0.25, -0.2) is 0 Å². The second-order valence-electron chi connectivity index (χ2n) is 4.48. The lowest BCUT2D eigenvalue weighted by Gasteiger charge is -2.06. The lowest BCUT2D eigenvalue weighted by molar-refractivity contribution is -0.148. The minimum atomic E-state index is -0.320. The van der Waals surface area contributed by atoms with E-state index in [0.717, 1.165) is 10.9 Å². The van der Waals surface area contributed by atoms with Gasteiger partial charge in [-0.1, -0.05) is 22.9 Å². The maximum atomic E-state index is 11.5. The molecule has 1 saturated carbocycles. The monoisotopic (exact) mass is 311 g/mol. The first-order valence-corrected chi connectivity index (χ1v) is 6.57. The Balaban J connectivity index is 1.75. The molecule has 0 aliphatic heterocycles. The van der Waals surface area contributed by atoms with Gasteiger partial charge in [0.1, 0.15) is 0 Å². The number of benzene rings is 1. The summed E-state index contributed by atoms with van der Waals surface area (Å²) in [6, 6.07) is 7.19. The molecule has 96 valence electrons. The fraction of sp³-hybridized carbons (Fsp3) is 0.385. The van der Waals surface area contributed by atoms with Crippen molar-refractivity contribution in [1.82, 2.24) is 0 Å². The average molecular weight is 312 g/mol. The molecule has 0 heterocycles. The molecule has 1 amide bonds. The van der Waals surface area contributed by atoms with Crippen molar-refractivity contribution in [2.75, 3.05) is 11.9 Å². The molecule has 0 spiro atoms. The largest absolute Gasteiger partial charge is 0.455 e. The van der Waals surface area contributed by atoms with Crippen LogP contribution in [0.25, 0.3) is 0 Å². The second-order valence-corrected chi connectivity index (χ2v) is 5.40. The molecule has 1 aliphatic carbocycles. The number of amides is 1. The van der Waals surface area contributed by atoms with Crippen LogP contribution in [0.3, 0.4) is 0 Å². The predicted octanol–water partition coefficient (Wildman–Crippen LogP) is 2.59. The maximum Gasteiger partial charge on any atom is 0.309 e. The van der Waals surface area contributed by atoms with Gasteiger partial charge >= 0.3 is 5.97 Å². The van der Waals surface area contributed by atoms with E-state index in [0.29, 0.717) is 11.6 Å². The number of carbonyl (C=O) groups excluding carboxylic acids is 2. The molecule has 0 aromatic heterocycles. The van der Waals surface area contributed by atoms with Crippen molar-refractivity contribution in [3.8, 4) is 0 Å². The first kappa shape index (κ1) is 13.1. The fourth-order valence-corrected chi connectivity index (χ4v) is 1.89. The number of hydrogen-bond acceptors (Lipinski definition) is 3. The van der Waals surface area contributed by atoms with Gasteiger partial charge in [-0.2, -0.15) is 0 Å². The number of rotatable bonds is 4. The van der Waals surface area contributed by atoms with E-state index in [1.807, 2.05) is 19.1 Å². The summed E-state index contributed by atoms with van der Waals surface area (Å²) in [7, 11) is 0. The van der Waals surface area contributed by atoms with Gasteiger partial charge in [-0.15, -0.1) is 0 Å². The molecule has 4 nitrogen and oxygen atoms in total. The Morgan fingerprint density at radius 3 is 2.56 bits per heavy atom. The topological polar surface area (TPSA) is 55.4 Å². The van der Waals surface area contributed by atoms with Crippen molar-refractivity contribution in [3.05, 3.63) is 28.7 Å². The van der Waals surface area contributed by atoms with Crippen molar-refractivity contribution < 1.29 is 14.3 Å². The molecule has 18 heavy (non-hydrogen) atoms. The first-order chi connectivity index (χ1) is 8.56. The summed E-state index contributed by atoms with van der Waals surface area (Å²) in [5.41, 5.74) is 0.680. The van der Waals surface area contributed by atoms with Gasteiger partial charge in [0.05, 0.1) is 5.92 Å². The zero-order chi connectivity index (χ0) is 13.1. The van der Waals surface area contributed by atoms with Gasteiger partial charge in [-0.3, -0.25) is 9.59 Å². The molecule has 0 bridgehead atoms. The van der Waals surface area contributed by atoms with Crippen LogP contribution in [0.2, 0.25) is 0 Å². The Kier molecular flexibility index (Phi) is 4.01. The summed E-state index contributed by atoms with van der Waals surface area (Å²) < 4.78 is 5.87. The molecule has 2 atom stereocenters. The van der Waals surface area contributed by atoms with E-state index in [1.54, 1.807) is 12.1 Å². The van der Waals surface area contributed by atoms with Crippen LogP contribution in [0, 0.1) is 11.8 Å². The van der Waals surface area contributed by atoms with Crippen LogP contribution in [0.15, 0.2) is 28.7 Å². The second kappa shape index (κ2) is 5.52. The molecule has 5 heteroatoms. The number of carbonyl (C=O) groups is 2. The number of hydrogen-bond donors (Lipinski definition) is 1. The van der Waals surface area contributed by atoms with Gasteiger partial charge in [0.2, 0.25) is 0 Å². The normalized spacial score (nSPS) is 21.2. The molecule has 1 N–H and O–H groups in total. The molecule has 0 saturated heterocycles. The lowest BCUT2D eigenvalue weighted by atomic mass is 10.3. The number of esters is 1. The third-order valence-corrected chi connectivity index (χ3v) is 3.41. The highest BCUT2D eigenvalue weighted by atomic mass is 79.9. The Morgan fingerprint density at radius 1 is 1.39 bits per heavy atom. The zero-order valence-electron chi connectivity index (χ0n) is 9.98. The molecule has 0 unspecified atom stereocenters. The fourth-order valence-electron chi connectivity index (χ4n) is 1.62. The van der Waals surface area contributed by atoms with Crippen LogP contribution in [0.5, 0.6) is 0 Å². The van der Waals surface area contributed by atoms with Gasteiger partial charge in [-0.05, 0) is 36.6 Å². The Labute approximate surface area is 114 Å². The highest BCUT2D eigenvalue weighted by molar-refractivity contribution is 9.10. The number of halogens is 1. The maximum absolute atomic E-state index is 11.5. The molecule has 2 rings (SSSR count). The average Bonchev–Trinajstić information content (AvgIpc) is 3.06. The Hall–Kier alpha value is -1.36. The Morgan fingerprint density at radius 2 is 2.00 bits per heavy atom. The van der Waals surface area contributed by atoms with E-state index in [2.05, 4.69) is 21.2 Å². The molecule has 1 aromatic rings. The summed E-state index contributed by atoms with van der Waals surface area (Å²) in [6.45, 7) is 1.77. The van der Waals surface area contributed by atoms with Gasteiger partial charge in [0.15, 0.2) is 6.61 Å². The molecule has 1 aromatic carbocycles. The molecular weight excluding hydrogens is 298 g/mol. The van der Waals surface area contributed by atoms with E-state index in [1.165, 1.54) is 0 Å². The SMILES string of the molecule is C[C@H]1C[C@@H]1C(=O)OCC(=O)Nc1ccc(Br)cc1. The van der Waals surface area contributed by atoms with Crippen LogP contribution in [0.1, 0.15) is 13.3 Å². The minimum Gasteiger partial charge on any atom is -0.455 e. The van der Waals surface area contributed by atoms with Crippen molar-refractivity contribution in [3.63, 3.8) is 0 Å². The third-order valence-electron chi connectivity index (χ3n) is 2.89. The predicted molar refractivity (Wildman–Crippen MR) is 71.0 cm³/mol. The van der Waals surface area contributed by atoms with E-state index in [9.17, 15) is 9.59 Å². The zero-order valence-corrected chi connectivity index (χ0v) is 11.6. The molecule has 1 fully saturated rings. The highest BCUT2D eigenvalue weighted by Crippen LogP contribution is 2.38. The molecule has 0 radical (unpaired) electrons. The highest BCUT2D eigenvalue weighted by Gasteiger charge is 2.40. The van der Waals surface area contributed by atoms with Crippen LogP contribution in [-0.4, -0.2) is 18.5 Å². The van der Waals surface area contributed by atoms with Gasteiger partial charge in [0.25, 0.3) is 5.91 Å². The van der Waals surface area contributed by atoms with Crippen molar-refractivity contribution in [2.45, 2.75) is 13.3 Å². The summed E-state index contributed by atoms with van der Waals surface area (Å²) in [5.74, 6) is -0.204. The van der Waals surface area contributed by atoms with Crippen LogP contribution >= 0.6 is 15.9 Å². The summed E-state index contributed by atoms with van der Waals surface area (Å²) >= 11 is 3.31. The number of ether oxygens (including phenoxy) is 1. The van der Waals surface area contributed by atoms with Crippen molar-refractivity contribution in [2.24, 2.45) is 11.8 Å². The Bertz CT molecular complexity index is 458. The lowest BCUT2D eigenvalue weighted by Crippen LogP contribution is -2.21. The van der Waals surface area contributed by atoms with Gasteiger partial charge in [0, 0.05) is 10.2 Å². The van der Waals surface area contributed by atoms with Crippen molar-refractivity contribution in [1.29, 1.82) is 0 Å². The molecule has 1 aliphatic rings. The summed E-state index contributed by atoms with van der Waals surface area (Å²) in [5, 5.41) is 2.66. The summed E-state index contributed by atoms with van der Waals surface area (Å²) in [4.78, 5) is 22.9. The van der Waals surface area contributed by atoms with E-state index in [-0.39, 0.29) is 24.4 Å². The van der Waals surface area contributed by atoms with Gasteiger partial charge < -0.3 is 10.1 Å². The minimum absolute atomic E-state index is 0.00881. The first-order valence-electron chi connectivity index (χ1n) is 5.78. The van der Waals surface area contributed by atoms with E-state index < -0.39 is 0 Å². The quantitative estimate of drug-likeness (QED) is 0.870. The summed E-state index contributed by atoms with van der Waals surface area (Å²) in [6.07, 6.45) is 0.868. The third kappa shape index (κ3) is 3.57. The number of nitrogens with one attached hydrogen (secondary N) is 1.